The van der Waals surface area contributed by atoms with E-state index < -0.39 is 0 Å². The van der Waals surface area contributed by atoms with Gasteiger partial charge in [-0.1, -0.05) is 18.6 Å². The average molecular weight is 469 g/mol. The summed E-state index contributed by atoms with van der Waals surface area (Å²) in [6, 6.07) is 15.0. The molecule has 1 aliphatic heterocycles. The number of piperazine rings is 1. The lowest BCUT2D eigenvalue weighted by molar-refractivity contribution is 0.252. The van der Waals surface area contributed by atoms with E-state index in [1.54, 1.807) is 0 Å². The zero-order chi connectivity index (χ0) is 21.0. The van der Waals surface area contributed by atoms with Crippen LogP contribution in [-0.4, -0.2) is 47.6 Å². The Balaban J connectivity index is 0.00000245. The maximum absolute atomic E-state index is 11.9. The first-order valence-corrected chi connectivity index (χ1v) is 12.1. The molecule has 5 rings (SSSR count). The van der Waals surface area contributed by atoms with Crippen LogP contribution in [0.4, 0.5) is 5.69 Å². The fourth-order valence-corrected chi connectivity index (χ4v) is 5.39. The molecule has 5 nitrogen and oxygen atoms in total. The van der Waals surface area contributed by atoms with E-state index in [0.717, 1.165) is 44.5 Å². The van der Waals surface area contributed by atoms with E-state index in [1.807, 2.05) is 23.5 Å². The third-order valence-corrected chi connectivity index (χ3v) is 7.21. The lowest BCUT2D eigenvalue weighted by atomic mass is 10.0. The molecule has 1 saturated heterocycles. The standard InChI is InChI=1S/C25H28N4OS.ClH/c30-25-21-17-19(8-9-22(21)26-18-27-25)5-2-1-3-11-28-12-14-29(15-13-28)23-6-4-7-24-20(23)10-16-31-24;/h4,6-10,16-18H,1-3,5,11-15H2,(H,26,27,30);1H. The van der Waals surface area contributed by atoms with E-state index in [4.69, 9.17) is 0 Å². The first-order chi connectivity index (χ1) is 15.3. The Kier molecular flexibility index (Phi) is 7.45. The first-order valence-electron chi connectivity index (χ1n) is 11.2. The van der Waals surface area contributed by atoms with Crippen molar-refractivity contribution < 1.29 is 0 Å². The molecular weight excluding hydrogens is 440 g/mol. The van der Waals surface area contributed by atoms with Crippen LogP contribution in [0.15, 0.2) is 59.0 Å². The molecule has 0 atom stereocenters. The number of H-pyrrole nitrogens is 1. The molecule has 0 unspecified atom stereocenters. The number of fused-ring (bicyclic) bond motifs is 2. The second-order valence-electron chi connectivity index (χ2n) is 8.33. The van der Waals surface area contributed by atoms with Crippen LogP contribution in [0.5, 0.6) is 0 Å². The summed E-state index contributed by atoms with van der Waals surface area (Å²) in [4.78, 5) is 24.0. The Morgan fingerprint density at radius 1 is 0.969 bits per heavy atom. The van der Waals surface area contributed by atoms with Crippen LogP contribution in [-0.2, 0) is 6.42 Å². The molecule has 0 saturated carbocycles. The summed E-state index contributed by atoms with van der Waals surface area (Å²) in [5, 5.41) is 4.28. The molecule has 1 aliphatic rings. The summed E-state index contributed by atoms with van der Waals surface area (Å²) in [6.45, 7) is 5.67. The van der Waals surface area contributed by atoms with E-state index in [9.17, 15) is 4.79 Å². The molecule has 4 aromatic rings. The van der Waals surface area contributed by atoms with Gasteiger partial charge < -0.3 is 9.88 Å². The van der Waals surface area contributed by atoms with Crippen molar-refractivity contribution in [1.82, 2.24) is 14.9 Å². The number of hydrogen-bond donors (Lipinski definition) is 1. The van der Waals surface area contributed by atoms with Crippen LogP contribution >= 0.6 is 23.7 Å². The van der Waals surface area contributed by atoms with Crippen LogP contribution in [0.3, 0.4) is 0 Å². The number of unbranched alkanes of at least 4 members (excludes halogenated alkanes) is 2. The Morgan fingerprint density at radius 3 is 2.72 bits per heavy atom. The lowest BCUT2D eigenvalue weighted by Crippen LogP contribution is -2.46. The maximum Gasteiger partial charge on any atom is 0.258 e. The largest absolute Gasteiger partial charge is 0.368 e. The number of rotatable bonds is 7. The molecule has 1 fully saturated rings. The molecular formula is C25H29ClN4OS. The van der Waals surface area contributed by atoms with Gasteiger partial charge in [0.05, 0.1) is 17.2 Å². The number of nitrogens with zero attached hydrogens (tertiary/aromatic N) is 3. The third kappa shape index (κ3) is 4.98. The second-order valence-corrected chi connectivity index (χ2v) is 9.28. The molecule has 2 aromatic carbocycles. The fraction of sp³-hybridized carbons (Fsp3) is 0.360. The van der Waals surface area contributed by atoms with Crippen LogP contribution in [0.2, 0.25) is 0 Å². The summed E-state index contributed by atoms with van der Waals surface area (Å²) in [5.74, 6) is 0. The van der Waals surface area contributed by atoms with E-state index >= 15 is 0 Å². The van der Waals surface area contributed by atoms with Crippen molar-refractivity contribution in [1.29, 1.82) is 0 Å². The van der Waals surface area contributed by atoms with Crippen LogP contribution in [0.25, 0.3) is 21.0 Å². The number of anilines is 1. The van der Waals surface area contributed by atoms with Crippen molar-refractivity contribution >= 4 is 50.4 Å². The van der Waals surface area contributed by atoms with Gasteiger partial charge in [0, 0.05) is 42.0 Å². The van der Waals surface area contributed by atoms with Crippen molar-refractivity contribution in [3.05, 3.63) is 70.1 Å². The van der Waals surface area contributed by atoms with E-state index in [0.29, 0.717) is 5.39 Å². The van der Waals surface area contributed by atoms with Gasteiger partial charge in [0.2, 0.25) is 0 Å². The Hall–Kier alpha value is -2.41. The van der Waals surface area contributed by atoms with Gasteiger partial charge in [0.1, 0.15) is 0 Å². The van der Waals surface area contributed by atoms with E-state index in [1.165, 1.54) is 47.1 Å². The number of aromatic nitrogens is 2. The molecule has 0 radical (unpaired) electrons. The van der Waals surface area contributed by atoms with E-state index in [-0.39, 0.29) is 18.0 Å². The summed E-state index contributed by atoms with van der Waals surface area (Å²) in [6.07, 6.45) is 6.09. The average Bonchev–Trinajstić information content (AvgIpc) is 3.29. The second kappa shape index (κ2) is 10.5. The molecule has 0 aliphatic carbocycles. The summed E-state index contributed by atoms with van der Waals surface area (Å²) in [5.41, 5.74) is 3.33. The Morgan fingerprint density at radius 2 is 1.84 bits per heavy atom. The Bertz CT molecular complexity index is 1230. The third-order valence-electron chi connectivity index (χ3n) is 6.33. The van der Waals surface area contributed by atoms with Gasteiger partial charge in [-0.3, -0.25) is 9.69 Å². The van der Waals surface area contributed by atoms with Crippen molar-refractivity contribution in [2.75, 3.05) is 37.6 Å². The molecule has 3 heterocycles. The molecule has 2 aromatic heterocycles. The minimum absolute atomic E-state index is 0. The zero-order valence-corrected chi connectivity index (χ0v) is 19.8. The normalized spacial score (nSPS) is 14.7. The lowest BCUT2D eigenvalue weighted by Gasteiger charge is -2.36. The quantitative estimate of drug-likeness (QED) is 0.383. The summed E-state index contributed by atoms with van der Waals surface area (Å²) in [7, 11) is 0. The smallest absolute Gasteiger partial charge is 0.258 e. The SMILES string of the molecule is Cl.O=c1[nH]cnc2ccc(CCCCCN3CCN(c4cccc5sccc45)CC3)cc12. The Labute approximate surface area is 198 Å². The highest BCUT2D eigenvalue weighted by molar-refractivity contribution is 7.17. The summed E-state index contributed by atoms with van der Waals surface area (Å²) >= 11 is 1.82. The number of aromatic amines is 1. The molecule has 0 spiro atoms. The predicted octanol–water partition coefficient (Wildman–Crippen LogP) is 5.09. The fourth-order valence-electron chi connectivity index (χ4n) is 4.58. The monoisotopic (exact) mass is 468 g/mol. The van der Waals surface area contributed by atoms with Crippen molar-refractivity contribution in [2.45, 2.75) is 25.7 Å². The van der Waals surface area contributed by atoms with Crippen molar-refractivity contribution in [3.63, 3.8) is 0 Å². The van der Waals surface area contributed by atoms with Gasteiger partial charge in [0.25, 0.3) is 5.56 Å². The molecule has 0 bridgehead atoms. The number of thiophene rings is 1. The maximum atomic E-state index is 11.9. The van der Waals surface area contributed by atoms with Crippen molar-refractivity contribution in [3.8, 4) is 0 Å². The van der Waals surface area contributed by atoms with Crippen LogP contribution < -0.4 is 10.5 Å². The molecule has 1 N–H and O–H groups in total. The highest BCUT2D eigenvalue weighted by Crippen LogP contribution is 2.31. The number of halogens is 1. The van der Waals surface area contributed by atoms with Gasteiger partial charge in [-0.25, -0.2) is 4.98 Å². The molecule has 7 heteroatoms. The highest BCUT2D eigenvalue weighted by Gasteiger charge is 2.18. The number of aryl methyl sites for hydroxylation is 1. The highest BCUT2D eigenvalue weighted by atomic mass is 35.5. The van der Waals surface area contributed by atoms with Gasteiger partial charge in [-0.05, 0) is 67.1 Å². The topological polar surface area (TPSA) is 52.2 Å². The van der Waals surface area contributed by atoms with Gasteiger partial charge >= 0.3 is 0 Å². The number of hydrogen-bond acceptors (Lipinski definition) is 5. The molecule has 168 valence electrons. The predicted molar refractivity (Wildman–Crippen MR) is 138 cm³/mol. The van der Waals surface area contributed by atoms with E-state index in [2.05, 4.69) is 55.5 Å². The van der Waals surface area contributed by atoms with Crippen LogP contribution in [0.1, 0.15) is 24.8 Å². The van der Waals surface area contributed by atoms with Gasteiger partial charge in [-0.2, -0.15) is 0 Å². The van der Waals surface area contributed by atoms with Gasteiger partial charge in [-0.15, -0.1) is 23.7 Å². The molecule has 0 amide bonds. The van der Waals surface area contributed by atoms with Crippen molar-refractivity contribution in [2.24, 2.45) is 0 Å². The minimum atomic E-state index is -0.0544. The first kappa shape index (κ1) is 22.8. The van der Waals surface area contributed by atoms with Crippen LogP contribution in [0, 0.1) is 0 Å². The number of nitrogens with one attached hydrogen (secondary N) is 1. The summed E-state index contributed by atoms with van der Waals surface area (Å²) < 4.78 is 1.38. The zero-order valence-electron chi connectivity index (χ0n) is 18.1. The number of benzene rings is 2. The minimum Gasteiger partial charge on any atom is -0.368 e. The van der Waals surface area contributed by atoms with Gasteiger partial charge in [0.15, 0.2) is 0 Å². The molecule has 32 heavy (non-hydrogen) atoms.